The Labute approximate surface area is 129 Å². The molecule has 0 aliphatic heterocycles. The number of halogens is 5. The van der Waals surface area contributed by atoms with Gasteiger partial charge in [0, 0.05) is 28.0 Å². The third-order valence-corrected chi connectivity index (χ3v) is 3.41. The Morgan fingerprint density at radius 3 is 2.29 bits per heavy atom. The number of hydrogen-bond acceptors (Lipinski definition) is 2. The van der Waals surface area contributed by atoms with E-state index in [2.05, 4.69) is 10.3 Å². The molecular formula is C14H11Cl2F3N2. The zero-order valence-electron chi connectivity index (χ0n) is 10.9. The van der Waals surface area contributed by atoms with Gasteiger partial charge in [-0.25, -0.2) is 0 Å². The first-order valence-corrected chi connectivity index (χ1v) is 6.73. The van der Waals surface area contributed by atoms with Gasteiger partial charge in [-0.3, -0.25) is 4.98 Å². The summed E-state index contributed by atoms with van der Waals surface area (Å²) in [5.74, 6) is 0. The van der Waals surface area contributed by atoms with Gasteiger partial charge in [0.15, 0.2) is 0 Å². The van der Waals surface area contributed by atoms with Crippen LogP contribution in [0.25, 0.3) is 0 Å². The first-order chi connectivity index (χ1) is 9.82. The van der Waals surface area contributed by atoms with E-state index in [1.165, 1.54) is 12.3 Å². The predicted octanol–water partition coefficient (Wildman–Crippen LogP) is 4.72. The monoisotopic (exact) mass is 334 g/mol. The van der Waals surface area contributed by atoms with Crippen molar-refractivity contribution in [2.24, 2.45) is 0 Å². The number of pyridine rings is 1. The van der Waals surface area contributed by atoms with Gasteiger partial charge in [0.25, 0.3) is 0 Å². The SMILES string of the molecule is CNC(c1cc(Cl)cc(Cl)c1)c1cnccc1C(F)(F)F. The van der Waals surface area contributed by atoms with Gasteiger partial charge in [-0.05, 0) is 36.9 Å². The Morgan fingerprint density at radius 1 is 1.14 bits per heavy atom. The number of nitrogens with zero attached hydrogens (tertiary/aromatic N) is 1. The molecule has 0 saturated carbocycles. The average Bonchev–Trinajstić information content (AvgIpc) is 2.38. The molecule has 0 spiro atoms. The van der Waals surface area contributed by atoms with Gasteiger partial charge in [-0.2, -0.15) is 13.2 Å². The number of hydrogen-bond donors (Lipinski definition) is 1. The third kappa shape index (κ3) is 3.67. The highest BCUT2D eigenvalue weighted by Crippen LogP contribution is 2.36. The maximum atomic E-state index is 13.1. The zero-order valence-corrected chi connectivity index (χ0v) is 12.4. The molecular weight excluding hydrogens is 324 g/mol. The van der Waals surface area contributed by atoms with E-state index < -0.39 is 17.8 Å². The Kier molecular flexibility index (Phi) is 4.76. The summed E-state index contributed by atoms with van der Waals surface area (Å²) in [6.07, 6.45) is -2.15. The van der Waals surface area contributed by atoms with E-state index in [-0.39, 0.29) is 5.56 Å². The van der Waals surface area contributed by atoms with E-state index >= 15 is 0 Å². The number of aromatic nitrogens is 1. The van der Waals surface area contributed by atoms with E-state index in [1.807, 2.05) is 0 Å². The molecule has 112 valence electrons. The Hall–Kier alpha value is -1.30. The van der Waals surface area contributed by atoms with Crippen LogP contribution in [0.2, 0.25) is 10.0 Å². The van der Waals surface area contributed by atoms with Gasteiger partial charge in [-0.15, -0.1) is 0 Å². The molecule has 2 rings (SSSR count). The van der Waals surface area contributed by atoms with Crippen LogP contribution in [0.5, 0.6) is 0 Å². The van der Waals surface area contributed by atoms with E-state index in [4.69, 9.17) is 23.2 Å². The summed E-state index contributed by atoms with van der Waals surface area (Å²) in [5, 5.41) is 3.56. The van der Waals surface area contributed by atoms with Crippen LogP contribution in [0.4, 0.5) is 13.2 Å². The Balaban J connectivity index is 2.57. The molecule has 0 aliphatic rings. The van der Waals surface area contributed by atoms with Crippen molar-refractivity contribution >= 4 is 23.2 Å². The summed E-state index contributed by atoms with van der Waals surface area (Å²) in [6, 6.07) is 4.90. The van der Waals surface area contributed by atoms with Crippen LogP contribution in [0, 0.1) is 0 Å². The molecule has 0 radical (unpaired) electrons. The number of benzene rings is 1. The van der Waals surface area contributed by atoms with Gasteiger partial charge < -0.3 is 5.32 Å². The zero-order chi connectivity index (χ0) is 15.6. The van der Waals surface area contributed by atoms with Crippen molar-refractivity contribution in [1.82, 2.24) is 10.3 Å². The number of rotatable bonds is 3. The van der Waals surface area contributed by atoms with Gasteiger partial charge >= 0.3 is 6.18 Å². The molecule has 2 nitrogen and oxygen atoms in total. The van der Waals surface area contributed by atoms with Crippen molar-refractivity contribution in [2.75, 3.05) is 7.05 Å². The molecule has 0 amide bonds. The lowest BCUT2D eigenvalue weighted by Crippen LogP contribution is -2.22. The van der Waals surface area contributed by atoms with E-state index in [9.17, 15) is 13.2 Å². The van der Waals surface area contributed by atoms with Crippen LogP contribution < -0.4 is 5.32 Å². The van der Waals surface area contributed by atoms with Crippen molar-refractivity contribution in [3.8, 4) is 0 Å². The van der Waals surface area contributed by atoms with E-state index in [0.717, 1.165) is 12.3 Å². The second-order valence-corrected chi connectivity index (χ2v) is 5.26. The molecule has 21 heavy (non-hydrogen) atoms. The first-order valence-electron chi connectivity index (χ1n) is 5.97. The second kappa shape index (κ2) is 6.22. The molecule has 1 atom stereocenters. The van der Waals surface area contributed by atoms with Gasteiger partial charge in [0.05, 0.1) is 11.6 Å². The molecule has 0 bridgehead atoms. The highest BCUT2D eigenvalue weighted by atomic mass is 35.5. The van der Waals surface area contributed by atoms with Gasteiger partial charge in [0.2, 0.25) is 0 Å². The van der Waals surface area contributed by atoms with Crippen LogP contribution >= 0.6 is 23.2 Å². The minimum Gasteiger partial charge on any atom is -0.309 e. The topological polar surface area (TPSA) is 24.9 Å². The molecule has 1 aromatic heterocycles. The fraction of sp³-hybridized carbons (Fsp3) is 0.214. The maximum absolute atomic E-state index is 13.1. The average molecular weight is 335 g/mol. The van der Waals surface area contributed by atoms with Crippen LogP contribution in [0.15, 0.2) is 36.7 Å². The summed E-state index contributed by atoms with van der Waals surface area (Å²) in [5.41, 5.74) is -0.188. The third-order valence-electron chi connectivity index (χ3n) is 2.98. The van der Waals surface area contributed by atoms with Crippen LogP contribution in [-0.4, -0.2) is 12.0 Å². The predicted molar refractivity (Wildman–Crippen MR) is 76.6 cm³/mol. The molecule has 7 heteroatoms. The molecule has 0 fully saturated rings. The lowest BCUT2D eigenvalue weighted by atomic mass is 9.96. The first kappa shape index (κ1) is 16.1. The Bertz CT molecular complexity index is 624. The van der Waals surface area contributed by atoms with E-state index in [1.54, 1.807) is 19.2 Å². The Morgan fingerprint density at radius 2 is 1.76 bits per heavy atom. The standard InChI is InChI=1S/C14H11Cl2F3N2/c1-20-13(8-4-9(15)6-10(16)5-8)11-7-21-3-2-12(11)14(17,18)19/h2-7,13,20H,1H3. The fourth-order valence-electron chi connectivity index (χ4n) is 2.14. The summed E-state index contributed by atoms with van der Waals surface area (Å²) in [4.78, 5) is 3.79. The smallest absolute Gasteiger partial charge is 0.309 e. The molecule has 1 unspecified atom stereocenters. The summed E-state index contributed by atoms with van der Waals surface area (Å²) < 4.78 is 39.3. The highest BCUT2D eigenvalue weighted by Gasteiger charge is 2.35. The van der Waals surface area contributed by atoms with Crippen molar-refractivity contribution < 1.29 is 13.2 Å². The molecule has 1 heterocycles. The molecule has 0 saturated heterocycles. The lowest BCUT2D eigenvalue weighted by Gasteiger charge is -2.21. The van der Waals surface area contributed by atoms with Gasteiger partial charge in [0.1, 0.15) is 0 Å². The number of alkyl halides is 3. The fourth-order valence-corrected chi connectivity index (χ4v) is 2.68. The van der Waals surface area contributed by atoms with E-state index in [0.29, 0.717) is 15.6 Å². The van der Waals surface area contributed by atoms with Crippen LogP contribution in [-0.2, 0) is 6.18 Å². The van der Waals surface area contributed by atoms with Crippen molar-refractivity contribution in [2.45, 2.75) is 12.2 Å². The summed E-state index contributed by atoms with van der Waals surface area (Å²) >= 11 is 11.8. The van der Waals surface area contributed by atoms with Crippen molar-refractivity contribution in [3.63, 3.8) is 0 Å². The minimum atomic E-state index is -4.46. The minimum absolute atomic E-state index is 0.0193. The summed E-state index contributed by atoms with van der Waals surface area (Å²) in [6.45, 7) is 0. The van der Waals surface area contributed by atoms with Crippen LogP contribution in [0.1, 0.15) is 22.7 Å². The van der Waals surface area contributed by atoms with Gasteiger partial charge in [-0.1, -0.05) is 23.2 Å². The quantitative estimate of drug-likeness (QED) is 0.878. The van der Waals surface area contributed by atoms with Crippen LogP contribution in [0.3, 0.4) is 0 Å². The molecule has 0 aliphatic carbocycles. The number of nitrogens with one attached hydrogen (secondary N) is 1. The second-order valence-electron chi connectivity index (χ2n) is 4.39. The summed E-state index contributed by atoms with van der Waals surface area (Å²) in [7, 11) is 1.56. The largest absolute Gasteiger partial charge is 0.416 e. The maximum Gasteiger partial charge on any atom is 0.416 e. The lowest BCUT2D eigenvalue weighted by molar-refractivity contribution is -0.138. The highest BCUT2D eigenvalue weighted by molar-refractivity contribution is 6.34. The molecule has 2 aromatic rings. The normalized spacial score (nSPS) is 13.2. The molecule has 1 aromatic carbocycles. The molecule has 1 N–H and O–H groups in total. The van der Waals surface area contributed by atoms with Crippen molar-refractivity contribution in [3.05, 3.63) is 63.4 Å². The van der Waals surface area contributed by atoms with Crippen molar-refractivity contribution in [1.29, 1.82) is 0 Å².